The Hall–Kier alpha value is -0.570. The largest absolute Gasteiger partial charge is 0.343 e. The summed E-state index contributed by atoms with van der Waals surface area (Å²) in [6, 6.07) is 0. The number of nitrogens with one attached hydrogen (secondary N) is 1. The minimum Gasteiger partial charge on any atom is -0.343 e. The molecule has 0 fully saturated rings. The van der Waals surface area contributed by atoms with Gasteiger partial charge in [0.2, 0.25) is 5.91 Å². The molecule has 0 saturated heterocycles. The van der Waals surface area contributed by atoms with Crippen molar-refractivity contribution in [1.82, 2.24) is 10.2 Å². The topological polar surface area (TPSA) is 32.3 Å². The Morgan fingerprint density at radius 2 is 1.19 bits per heavy atom. The van der Waals surface area contributed by atoms with E-state index in [1.165, 1.54) is 70.6 Å². The van der Waals surface area contributed by atoms with Gasteiger partial charge in [0.15, 0.2) is 0 Å². The molecular formula is C18H38N2O. The second kappa shape index (κ2) is 15.8. The molecule has 1 N–H and O–H groups in total. The molecule has 0 saturated carbocycles. The van der Waals surface area contributed by atoms with E-state index in [4.69, 9.17) is 0 Å². The lowest BCUT2D eigenvalue weighted by molar-refractivity contribution is -0.121. The molecular weight excluding hydrogens is 260 g/mol. The first kappa shape index (κ1) is 20.4. The Morgan fingerprint density at radius 1 is 0.762 bits per heavy atom. The molecule has 0 radical (unpaired) electrons. The van der Waals surface area contributed by atoms with Crippen LogP contribution in [0.5, 0.6) is 0 Å². The van der Waals surface area contributed by atoms with Crippen molar-refractivity contribution in [2.24, 2.45) is 0 Å². The Morgan fingerprint density at radius 3 is 1.62 bits per heavy atom. The van der Waals surface area contributed by atoms with E-state index in [-0.39, 0.29) is 5.91 Å². The van der Waals surface area contributed by atoms with E-state index in [2.05, 4.69) is 12.2 Å². The predicted octanol–water partition coefficient (Wildman–Crippen LogP) is 4.71. The average molecular weight is 299 g/mol. The van der Waals surface area contributed by atoms with Crippen molar-refractivity contribution in [3.63, 3.8) is 0 Å². The number of carbonyl (C=O) groups is 1. The van der Waals surface area contributed by atoms with Crippen molar-refractivity contribution < 1.29 is 4.79 Å². The lowest BCUT2D eigenvalue weighted by Crippen LogP contribution is -2.32. The van der Waals surface area contributed by atoms with Crippen molar-refractivity contribution in [3.8, 4) is 0 Å². The SMILES string of the molecule is CCCCCCCCCCCCCCC(=O)NCN(C)C. The second-order valence-corrected chi connectivity index (χ2v) is 6.48. The van der Waals surface area contributed by atoms with Crippen LogP contribution < -0.4 is 5.32 Å². The minimum absolute atomic E-state index is 0.191. The molecule has 1 amide bonds. The van der Waals surface area contributed by atoms with Gasteiger partial charge >= 0.3 is 0 Å². The molecule has 3 heteroatoms. The van der Waals surface area contributed by atoms with Gasteiger partial charge in [-0.2, -0.15) is 0 Å². The molecule has 0 aromatic carbocycles. The summed E-state index contributed by atoms with van der Waals surface area (Å²) >= 11 is 0. The summed E-state index contributed by atoms with van der Waals surface area (Å²) in [7, 11) is 3.92. The van der Waals surface area contributed by atoms with E-state index >= 15 is 0 Å². The third-order valence-corrected chi connectivity index (χ3v) is 3.85. The maximum Gasteiger partial charge on any atom is 0.220 e. The van der Waals surface area contributed by atoms with Crippen molar-refractivity contribution in [1.29, 1.82) is 0 Å². The maximum absolute atomic E-state index is 11.5. The summed E-state index contributed by atoms with van der Waals surface area (Å²) in [5, 5.41) is 2.91. The fraction of sp³-hybridized carbons (Fsp3) is 0.944. The van der Waals surface area contributed by atoms with E-state index < -0.39 is 0 Å². The van der Waals surface area contributed by atoms with Gasteiger partial charge in [0.1, 0.15) is 0 Å². The zero-order chi connectivity index (χ0) is 15.8. The minimum atomic E-state index is 0.191. The van der Waals surface area contributed by atoms with Crippen LogP contribution >= 0.6 is 0 Å². The molecule has 126 valence electrons. The zero-order valence-electron chi connectivity index (χ0n) is 14.8. The summed E-state index contributed by atoms with van der Waals surface area (Å²) in [5.41, 5.74) is 0. The molecule has 0 bridgehead atoms. The van der Waals surface area contributed by atoms with Gasteiger partial charge in [-0.3, -0.25) is 9.69 Å². The van der Waals surface area contributed by atoms with Crippen molar-refractivity contribution in [2.75, 3.05) is 20.8 Å². The molecule has 21 heavy (non-hydrogen) atoms. The molecule has 0 aliphatic carbocycles. The van der Waals surface area contributed by atoms with Crippen LogP contribution in [0.4, 0.5) is 0 Å². The second-order valence-electron chi connectivity index (χ2n) is 6.48. The van der Waals surface area contributed by atoms with Crippen LogP contribution in [-0.4, -0.2) is 31.6 Å². The van der Waals surface area contributed by atoms with Crippen LogP contribution in [0.1, 0.15) is 90.4 Å². The molecule has 0 aromatic heterocycles. The number of hydrogen-bond donors (Lipinski definition) is 1. The van der Waals surface area contributed by atoms with Gasteiger partial charge in [-0.15, -0.1) is 0 Å². The molecule has 0 aliphatic rings. The monoisotopic (exact) mass is 298 g/mol. The first-order valence-corrected chi connectivity index (χ1v) is 9.08. The standard InChI is InChI=1S/C18H38N2O/c1-4-5-6-7-8-9-10-11-12-13-14-15-16-18(21)19-17-20(2)3/h4-17H2,1-3H3,(H,19,21). The molecule has 0 heterocycles. The smallest absolute Gasteiger partial charge is 0.220 e. The highest BCUT2D eigenvalue weighted by molar-refractivity contribution is 5.75. The summed E-state index contributed by atoms with van der Waals surface area (Å²) in [6.45, 7) is 2.92. The average Bonchev–Trinajstić information content (AvgIpc) is 2.46. The maximum atomic E-state index is 11.5. The quantitative estimate of drug-likeness (QED) is 0.351. The number of nitrogens with zero attached hydrogens (tertiary/aromatic N) is 1. The molecule has 3 nitrogen and oxygen atoms in total. The first-order chi connectivity index (χ1) is 10.2. The number of amides is 1. The van der Waals surface area contributed by atoms with Crippen LogP contribution in [0.2, 0.25) is 0 Å². The van der Waals surface area contributed by atoms with Gasteiger partial charge in [0, 0.05) is 6.42 Å². The van der Waals surface area contributed by atoms with Gasteiger partial charge in [0.05, 0.1) is 6.67 Å². The van der Waals surface area contributed by atoms with E-state index in [1.54, 1.807) is 0 Å². The first-order valence-electron chi connectivity index (χ1n) is 9.08. The molecule has 0 atom stereocenters. The van der Waals surface area contributed by atoms with Gasteiger partial charge in [-0.05, 0) is 20.5 Å². The fourth-order valence-electron chi connectivity index (χ4n) is 2.46. The number of rotatable bonds is 15. The normalized spacial score (nSPS) is 11.0. The van der Waals surface area contributed by atoms with Crippen LogP contribution in [0, 0.1) is 0 Å². The Bertz CT molecular complexity index is 229. The highest BCUT2D eigenvalue weighted by atomic mass is 16.1. The van der Waals surface area contributed by atoms with Gasteiger partial charge < -0.3 is 5.32 Å². The van der Waals surface area contributed by atoms with Crippen LogP contribution in [0.15, 0.2) is 0 Å². The van der Waals surface area contributed by atoms with Crippen LogP contribution in [0.25, 0.3) is 0 Å². The van der Waals surface area contributed by atoms with Crippen LogP contribution in [0.3, 0.4) is 0 Å². The lowest BCUT2D eigenvalue weighted by atomic mass is 10.0. The number of hydrogen-bond acceptors (Lipinski definition) is 2. The molecule has 0 rings (SSSR count). The third-order valence-electron chi connectivity index (χ3n) is 3.85. The number of unbranched alkanes of at least 4 members (excludes halogenated alkanes) is 11. The van der Waals surface area contributed by atoms with E-state index in [0.29, 0.717) is 13.1 Å². The summed E-state index contributed by atoms with van der Waals surface area (Å²) < 4.78 is 0. The summed E-state index contributed by atoms with van der Waals surface area (Å²) in [5.74, 6) is 0.191. The highest BCUT2D eigenvalue weighted by Crippen LogP contribution is 2.12. The third kappa shape index (κ3) is 17.4. The summed E-state index contributed by atoms with van der Waals surface area (Å²) in [4.78, 5) is 13.5. The van der Waals surface area contributed by atoms with Crippen molar-refractivity contribution in [3.05, 3.63) is 0 Å². The Labute approximate surface area is 132 Å². The van der Waals surface area contributed by atoms with Crippen LogP contribution in [-0.2, 0) is 4.79 Å². The number of carbonyl (C=O) groups excluding carboxylic acids is 1. The Balaban J connectivity index is 3.10. The van der Waals surface area contributed by atoms with Gasteiger partial charge in [-0.1, -0.05) is 77.6 Å². The van der Waals surface area contributed by atoms with E-state index in [9.17, 15) is 4.79 Å². The Kier molecular flexibility index (Phi) is 15.4. The predicted molar refractivity (Wildman–Crippen MR) is 92.4 cm³/mol. The summed E-state index contributed by atoms with van der Waals surface area (Å²) in [6.07, 6.45) is 16.8. The highest BCUT2D eigenvalue weighted by Gasteiger charge is 2.00. The zero-order valence-corrected chi connectivity index (χ0v) is 14.8. The van der Waals surface area contributed by atoms with Gasteiger partial charge in [0.25, 0.3) is 0 Å². The lowest BCUT2D eigenvalue weighted by Gasteiger charge is -2.10. The van der Waals surface area contributed by atoms with E-state index in [1.807, 2.05) is 19.0 Å². The molecule has 0 aromatic rings. The molecule has 0 aliphatic heterocycles. The van der Waals surface area contributed by atoms with Crippen molar-refractivity contribution in [2.45, 2.75) is 90.4 Å². The van der Waals surface area contributed by atoms with Crippen molar-refractivity contribution >= 4 is 5.91 Å². The van der Waals surface area contributed by atoms with E-state index in [0.717, 1.165) is 6.42 Å². The van der Waals surface area contributed by atoms with Gasteiger partial charge in [-0.25, -0.2) is 0 Å². The molecule has 0 spiro atoms. The fourth-order valence-corrected chi connectivity index (χ4v) is 2.46. The molecule has 0 unspecified atom stereocenters.